The third-order valence-electron chi connectivity index (χ3n) is 3.72. The van der Waals surface area contributed by atoms with Gasteiger partial charge in [0.15, 0.2) is 0 Å². The number of hydrogen-bond donors (Lipinski definition) is 1. The van der Waals surface area contributed by atoms with E-state index < -0.39 is 0 Å². The van der Waals surface area contributed by atoms with E-state index in [9.17, 15) is 4.79 Å². The molecule has 0 aliphatic rings. The molecule has 0 aliphatic carbocycles. The molecule has 1 heterocycles. The number of para-hydroxylation sites is 1. The number of nitrogens with one attached hydrogen (secondary N) is 1. The number of rotatable bonds is 6. The van der Waals surface area contributed by atoms with E-state index in [1.165, 1.54) is 20.3 Å². The SMILES string of the molecule is COc1cc(OC)nc(Oc2ccccc2C(=O)Nc2ccc(C)cc2)n1. The lowest BCUT2D eigenvalue weighted by Gasteiger charge is -2.11. The summed E-state index contributed by atoms with van der Waals surface area (Å²) >= 11 is 0. The molecule has 7 nitrogen and oxygen atoms in total. The second-order valence-corrected chi connectivity index (χ2v) is 5.65. The summed E-state index contributed by atoms with van der Waals surface area (Å²) in [4.78, 5) is 20.9. The molecule has 1 amide bonds. The summed E-state index contributed by atoms with van der Waals surface area (Å²) in [6, 6.07) is 15.9. The van der Waals surface area contributed by atoms with Gasteiger partial charge >= 0.3 is 6.01 Å². The highest BCUT2D eigenvalue weighted by Gasteiger charge is 2.15. The molecule has 1 N–H and O–H groups in total. The minimum atomic E-state index is -0.302. The van der Waals surface area contributed by atoms with Crippen molar-refractivity contribution < 1.29 is 19.0 Å². The molecule has 27 heavy (non-hydrogen) atoms. The number of amides is 1. The number of benzene rings is 2. The molecule has 0 radical (unpaired) electrons. The average molecular weight is 365 g/mol. The average Bonchev–Trinajstić information content (AvgIpc) is 2.69. The summed E-state index contributed by atoms with van der Waals surface area (Å²) in [7, 11) is 2.96. The van der Waals surface area contributed by atoms with Crippen LogP contribution in [-0.4, -0.2) is 30.1 Å². The van der Waals surface area contributed by atoms with Gasteiger partial charge in [-0.05, 0) is 31.2 Å². The first-order valence-corrected chi connectivity index (χ1v) is 8.21. The number of aryl methyl sites for hydroxylation is 1. The lowest BCUT2D eigenvalue weighted by Crippen LogP contribution is -2.13. The Morgan fingerprint density at radius 2 is 1.56 bits per heavy atom. The molecule has 0 aliphatic heterocycles. The summed E-state index contributed by atoms with van der Waals surface area (Å²) in [6.45, 7) is 1.98. The van der Waals surface area contributed by atoms with E-state index in [0.29, 0.717) is 28.8 Å². The van der Waals surface area contributed by atoms with Gasteiger partial charge in [-0.15, -0.1) is 0 Å². The number of anilines is 1. The van der Waals surface area contributed by atoms with Crippen molar-refractivity contribution in [3.05, 3.63) is 65.7 Å². The fraction of sp³-hybridized carbons (Fsp3) is 0.150. The molecule has 0 spiro atoms. The van der Waals surface area contributed by atoms with Gasteiger partial charge in [0.1, 0.15) is 5.75 Å². The Morgan fingerprint density at radius 1 is 0.926 bits per heavy atom. The number of methoxy groups -OCH3 is 2. The van der Waals surface area contributed by atoms with Gasteiger partial charge in [0.2, 0.25) is 11.8 Å². The van der Waals surface area contributed by atoms with Gasteiger partial charge in [-0.1, -0.05) is 29.8 Å². The van der Waals surface area contributed by atoms with Crippen LogP contribution in [-0.2, 0) is 0 Å². The van der Waals surface area contributed by atoms with Crippen LogP contribution in [0.25, 0.3) is 0 Å². The third kappa shape index (κ3) is 4.52. The van der Waals surface area contributed by atoms with Crippen LogP contribution in [0.5, 0.6) is 23.5 Å². The van der Waals surface area contributed by atoms with Crippen molar-refractivity contribution in [2.75, 3.05) is 19.5 Å². The van der Waals surface area contributed by atoms with Crippen molar-refractivity contribution in [3.63, 3.8) is 0 Å². The first kappa shape index (κ1) is 18.2. The molecule has 2 aromatic carbocycles. The lowest BCUT2D eigenvalue weighted by molar-refractivity contribution is 0.102. The second kappa shape index (κ2) is 8.18. The molecule has 0 fully saturated rings. The van der Waals surface area contributed by atoms with E-state index in [4.69, 9.17) is 14.2 Å². The summed E-state index contributed by atoms with van der Waals surface area (Å²) in [5, 5.41) is 2.85. The van der Waals surface area contributed by atoms with E-state index in [1.807, 2.05) is 31.2 Å². The zero-order valence-corrected chi connectivity index (χ0v) is 15.2. The minimum Gasteiger partial charge on any atom is -0.481 e. The molecule has 3 rings (SSSR count). The fourth-order valence-electron chi connectivity index (χ4n) is 2.32. The highest BCUT2D eigenvalue weighted by atomic mass is 16.5. The van der Waals surface area contributed by atoms with Crippen molar-refractivity contribution in [1.82, 2.24) is 9.97 Å². The number of carbonyl (C=O) groups is 1. The number of ether oxygens (including phenoxy) is 3. The maximum atomic E-state index is 12.7. The highest BCUT2D eigenvalue weighted by Crippen LogP contribution is 2.27. The van der Waals surface area contributed by atoms with Gasteiger partial charge in [0.25, 0.3) is 5.91 Å². The van der Waals surface area contributed by atoms with Gasteiger partial charge in [-0.25, -0.2) is 0 Å². The van der Waals surface area contributed by atoms with Crippen LogP contribution in [0.2, 0.25) is 0 Å². The van der Waals surface area contributed by atoms with Crippen molar-refractivity contribution >= 4 is 11.6 Å². The topological polar surface area (TPSA) is 82.6 Å². The molecule has 0 bridgehead atoms. The lowest BCUT2D eigenvalue weighted by atomic mass is 10.1. The van der Waals surface area contributed by atoms with E-state index in [1.54, 1.807) is 24.3 Å². The molecule has 0 unspecified atom stereocenters. The number of carbonyl (C=O) groups excluding carboxylic acids is 1. The van der Waals surface area contributed by atoms with Crippen LogP contribution in [0, 0.1) is 6.92 Å². The van der Waals surface area contributed by atoms with E-state index in [2.05, 4.69) is 15.3 Å². The third-order valence-corrected chi connectivity index (χ3v) is 3.72. The molecule has 0 saturated heterocycles. The Morgan fingerprint density at radius 3 is 2.19 bits per heavy atom. The molecule has 1 aromatic heterocycles. The Balaban J connectivity index is 1.85. The molecule has 3 aromatic rings. The minimum absolute atomic E-state index is 0.0155. The first-order chi connectivity index (χ1) is 13.1. The summed E-state index contributed by atoms with van der Waals surface area (Å²) < 4.78 is 16.0. The Kier molecular flexibility index (Phi) is 5.51. The van der Waals surface area contributed by atoms with Crippen molar-refractivity contribution in [1.29, 1.82) is 0 Å². The van der Waals surface area contributed by atoms with Crippen molar-refractivity contribution in [3.8, 4) is 23.5 Å². The van der Waals surface area contributed by atoms with Crippen LogP contribution < -0.4 is 19.5 Å². The van der Waals surface area contributed by atoms with Crippen molar-refractivity contribution in [2.45, 2.75) is 6.92 Å². The van der Waals surface area contributed by atoms with E-state index >= 15 is 0 Å². The quantitative estimate of drug-likeness (QED) is 0.714. The zero-order chi connectivity index (χ0) is 19.2. The molecule has 7 heteroatoms. The Labute approximate surface area is 156 Å². The van der Waals surface area contributed by atoms with Crippen molar-refractivity contribution in [2.24, 2.45) is 0 Å². The van der Waals surface area contributed by atoms with Crippen LogP contribution >= 0.6 is 0 Å². The van der Waals surface area contributed by atoms with Gasteiger partial charge in [-0.3, -0.25) is 4.79 Å². The molecule has 0 saturated carbocycles. The maximum Gasteiger partial charge on any atom is 0.328 e. The van der Waals surface area contributed by atoms with Gasteiger partial charge in [0.05, 0.1) is 25.8 Å². The van der Waals surface area contributed by atoms with Gasteiger partial charge in [-0.2, -0.15) is 9.97 Å². The van der Waals surface area contributed by atoms with E-state index in [0.717, 1.165) is 5.56 Å². The molecule has 138 valence electrons. The monoisotopic (exact) mass is 365 g/mol. The number of nitrogens with zero attached hydrogens (tertiary/aromatic N) is 2. The summed E-state index contributed by atoms with van der Waals surface area (Å²) in [5.74, 6) is 0.596. The van der Waals surface area contributed by atoms with Gasteiger partial charge in [0, 0.05) is 5.69 Å². The molecular formula is C20H19N3O4. The predicted octanol–water partition coefficient (Wildman–Crippen LogP) is 3.85. The predicted molar refractivity (Wildman–Crippen MR) is 101 cm³/mol. The first-order valence-electron chi connectivity index (χ1n) is 8.21. The van der Waals surface area contributed by atoms with Crippen LogP contribution in [0.4, 0.5) is 5.69 Å². The second-order valence-electron chi connectivity index (χ2n) is 5.65. The van der Waals surface area contributed by atoms with Crippen LogP contribution in [0.1, 0.15) is 15.9 Å². The van der Waals surface area contributed by atoms with E-state index in [-0.39, 0.29) is 11.9 Å². The summed E-state index contributed by atoms with van der Waals surface area (Å²) in [5.41, 5.74) is 2.16. The number of hydrogen-bond acceptors (Lipinski definition) is 6. The smallest absolute Gasteiger partial charge is 0.328 e. The normalized spacial score (nSPS) is 10.2. The molecule has 0 atom stereocenters. The standard InChI is InChI=1S/C20H19N3O4/c1-13-8-10-14(11-9-13)21-19(24)15-6-4-5-7-16(15)27-20-22-17(25-2)12-18(23-20)26-3/h4-12H,1-3H3,(H,21,24). The number of aromatic nitrogens is 2. The van der Waals surface area contributed by atoms with Crippen LogP contribution in [0.15, 0.2) is 54.6 Å². The van der Waals surface area contributed by atoms with Gasteiger partial charge < -0.3 is 19.5 Å². The fourth-order valence-corrected chi connectivity index (χ4v) is 2.32. The van der Waals surface area contributed by atoms with Crippen LogP contribution in [0.3, 0.4) is 0 Å². The summed E-state index contributed by atoms with van der Waals surface area (Å²) in [6.07, 6.45) is 0. The zero-order valence-electron chi connectivity index (χ0n) is 15.2. The largest absolute Gasteiger partial charge is 0.481 e. The Hall–Kier alpha value is -3.61. The maximum absolute atomic E-state index is 12.7. The Bertz CT molecular complexity index is 920. The highest BCUT2D eigenvalue weighted by molar-refractivity contribution is 6.06. The molecular weight excluding hydrogens is 346 g/mol.